The van der Waals surface area contributed by atoms with Gasteiger partial charge in [0.1, 0.15) is 5.69 Å². The lowest BCUT2D eigenvalue weighted by molar-refractivity contribution is 0.288. The molecule has 1 aromatic rings. The topological polar surface area (TPSA) is 46.6 Å². The molecule has 0 saturated carbocycles. The van der Waals surface area contributed by atoms with Crippen LogP contribution in [0.4, 0.5) is 0 Å². The van der Waals surface area contributed by atoms with Crippen molar-refractivity contribution in [2.24, 2.45) is 11.8 Å². The zero-order valence-corrected chi connectivity index (χ0v) is 11.6. The Morgan fingerprint density at radius 3 is 2.63 bits per heavy atom. The number of hydrogen-bond donors (Lipinski definition) is 1. The van der Waals surface area contributed by atoms with E-state index in [0.29, 0.717) is 0 Å². The molecule has 3 heterocycles. The molecule has 104 valence electrons. The van der Waals surface area contributed by atoms with Crippen molar-refractivity contribution in [3.8, 4) is 11.5 Å². The Morgan fingerprint density at radius 1 is 1.26 bits per heavy atom. The maximum absolute atomic E-state index is 5.45. The summed E-state index contributed by atoms with van der Waals surface area (Å²) >= 11 is 0. The van der Waals surface area contributed by atoms with Crippen molar-refractivity contribution in [3.63, 3.8) is 0 Å². The lowest BCUT2D eigenvalue weighted by atomic mass is 10.0. The minimum Gasteiger partial charge on any atom is -0.493 e. The number of nitrogens with zero attached hydrogens (tertiary/aromatic N) is 2. The first-order valence-corrected chi connectivity index (χ1v) is 6.80. The van der Waals surface area contributed by atoms with Gasteiger partial charge in [-0.2, -0.15) is 0 Å². The SMILES string of the molecule is COc1ccnc(CN2CC3CNCC3C2)c1OC. The highest BCUT2D eigenvalue weighted by Crippen LogP contribution is 2.32. The van der Waals surface area contributed by atoms with Crippen LogP contribution < -0.4 is 14.8 Å². The second kappa shape index (κ2) is 5.35. The minimum absolute atomic E-state index is 0.758. The summed E-state index contributed by atoms with van der Waals surface area (Å²) in [6.07, 6.45) is 1.79. The summed E-state index contributed by atoms with van der Waals surface area (Å²) in [5.41, 5.74) is 0.967. The summed E-state index contributed by atoms with van der Waals surface area (Å²) < 4.78 is 10.8. The monoisotopic (exact) mass is 263 g/mol. The summed E-state index contributed by atoms with van der Waals surface area (Å²) in [6, 6.07) is 1.84. The third kappa shape index (κ3) is 2.40. The molecule has 2 saturated heterocycles. The maximum atomic E-state index is 5.45. The van der Waals surface area contributed by atoms with Crippen LogP contribution in [0.1, 0.15) is 5.69 Å². The average molecular weight is 263 g/mol. The van der Waals surface area contributed by atoms with Gasteiger partial charge in [-0.1, -0.05) is 0 Å². The molecule has 2 aliphatic rings. The molecule has 0 radical (unpaired) electrons. The second-order valence-electron chi connectivity index (χ2n) is 5.37. The van der Waals surface area contributed by atoms with Gasteiger partial charge in [-0.15, -0.1) is 0 Å². The molecular formula is C14H21N3O2. The molecule has 3 rings (SSSR count). The Bertz CT molecular complexity index is 440. The highest BCUT2D eigenvalue weighted by atomic mass is 16.5. The van der Waals surface area contributed by atoms with E-state index in [2.05, 4.69) is 15.2 Å². The van der Waals surface area contributed by atoms with Crippen LogP contribution in [0.2, 0.25) is 0 Å². The number of rotatable bonds is 4. The zero-order chi connectivity index (χ0) is 13.2. The van der Waals surface area contributed by atoms with Crippen LogP contribution in [0.25, 0.3) is 0 Å². The van der Waals surface area contributed by atoms with Crippen molar-refractivity contribution < 1.29 is 9.47 Å². The van der Waals surface area contributed by atoms with Crippen LogP contribution in [-0.4, -0.2) is 50.3 Å². The molecule has 19 heavy (non-hydrogen) atoms. The summed E-state index contributed by atoms with van der Waals surface area (Å²) in [5.74, 6) is 3.13. The molecule has 0 spiro atoms. The Labute approximate surface area is 113 Å². The van der Waals surface area contributed by atoms with E-state index in [1.807, 2.05) is 6.07 Å². The van der Waals surface area contributed by atoms with Gasteiger partial charge in [-0.3, -0.25) is 9.88 Å². The zero-order valence-electron chi connectivity index (χ0n) is 11.6. The van der Waals surface area contributed by atoms with Gasteiger partial charge in [0.25, 0.3) is 0 Å². The minimum atomic E-state index is 0.758. The van der Waals surface area contributed by atoms with Gasteiger partial charge in [-0.25, -0.2) is 0 Å². The van der Waals surface area contributed by atoms with Crippen molar-refractivity contribution in [2.75, 3.05) is 40.4 Å². The Kier molecular flexibility index (Phi) is 3.57. The molecular weight excluding hydrogens is 242 g/mol. The predicted molar refractivity (Wildman–Crippen MR) is 72.5 cm³/mol. The molecule has 0 aromatic carbocycles. The Hall–Kier alpha value is -1.33. The van der Waals surface area contributed by atoms with Gasteiger partial charge in [0, 0.05) is 31.9 Å². The number of fused-ring (bicyclic) bond motifs is 1. The third-order valence-electron chi connectivity index (χ3n) is 4.20. The fourth-order valence-electron chi connectivity index (χ4n) is 3.26. The predicted octanol–water partition coefficient (Wildman–Crippen LogP) is 0.750. The number of nitrogens with one attached hydrogen (secondary N) is 1. The van der Waals surface area contributed by atoms with Crippen molar-refractivity contribution in [1.82, 2.24) is 15.2 Å². The number of ether oxygens (including phenoxy) is 2. The smallest absolute Gasteiger partial charge is 0.183 e. The van der Waals surface area contributed by atoms with Gasteiger partial charge in [0.15, 0.2) is 11.5 Å². The van der Waals surface area contributed by atoms with Gasteiger partial charge >= 0.3 is 0 Å². The molecule has 2 atom stereocenters. The van der Waals surface area contributed by atoms with Gasteiger partial charge in [0.05, 0.1) is 14.2 Å². The van der Waals surface area contributed by atoms with Crippen molar-refractivity contribution in [1.29, 1.82) is 0 Å². The van der Waals surface area contributed by atoms with E-state index in [9.17, 15) is 0 Å². The summed E-state index contributed by atoms with van der Waals surface area (Å²) in [5, 5.41) is 3.46. The van der Waals surface area contributed by atoms with E-state index in [0.717, 1.165) is 61.8 Å². The Balaban J connectivity index is 1.73. The average Bonchev–Trinajstić information content (AvgIpc) is 2.99. The fraction of sp³-hybridized carbons (Fsp3) is 0.643. The van der Waals surface area contributed by atoms with E-state index in [1.165, 1.54) is 0 Å². The maximum Gasteiger partial charge on any atom is 0.183 e. The second-order valence-corrected chi connectivity index (χ2v) is 5.37. The molecule has 1 N–H and O–H groups in total. The van der Waals surface area contributed by atoms with E-state index in [4.69, 9.17) is 9.47 Å². The highest BCUT2D eigenvalue weighted by Gasteiger charge is 2.36. The lowest BCUT2D eigenvalue weighted by Gasteiger charge is -2.18. The molecule has 5 heteroatoms. The molecule has 5 nitrogen and oxygen atoms in total. The Morgan fingerprint density at radius 2 is 2.00 bits per heavy atom. The molecule has 0 aliphatic carbocycles. The first-order chi connectivity index (χ1) is 9.31. The number of methoxy groups -OCH3 is 2. The van der Waals surface area contributed by atoms with Crippen LogP contribution >= 0.6 is 0 Å². The first kappa shape index (κ1) is 12.7. The van der Waals surface area contributed by atoms with Gasteiger partial charge in [0.2, 0.25) is 0 Å². The normalized spacial score (nSPS) is 26.4. The number of pyridine rings is 1. The van der Waals surface area contributed by atoms with Crippen LogP contribution in [0.5, 0.6) is 11.5 Å². The number of aromatic nitrogens is 1. The first-order valence-electron chi connectivity index (χ1n) is 6.80. The summed E-state index contributed by atoms with van der Waals surface area (Å²) in [6.45, 7) is 5.46. The lowest BCUT2D eigenvalue weighted by Crippen LogP contribution is -2.26. The van der Waals surface area contributed by atoms with E-state index >= 15 is 0 Å². The van der Waals surface area contributed by atoms with Gasteiger partial charge in [-0.05, 0) is 24.9 Å². The van der Waals surface area contributed by atoms with E-state index in [-0.39, 0.29) is 0 Å². The molecule has 2 aliphatic heterocycles. The standard InChI is InChI=1S/C14H21N3O2/c1-18-13-3-4-16-12(14(13)19-2)9-17-7-10-5-15-6-11(10)8-17/h3-4,10-11,15H,5-9H2,1-2H3. The quantitative estimate of drug-likeness (QED) is 0.868. The van der Waals surface area contributed by atoms with Crippen LogP contribution in [0, 0.1) is 11.8 Å². The highest BCUT2D eigenvalue weighted by molar-refractivity contribution is 5.42. The molecule has 0 amide bonds. The molecule has 2 fully saturated rings. The van der Waals surface area contributed by atoms with Crippen molar-refractivity contribution in [2.45, 2.75) is 6.54 Å². The molecule has 0 bridgehead atoms. The van der Waals surface area contributed by atoms with Crippen LogP contribution in [-0.2, 0) is 6.54 Å². The fourth-order valence-corrected chi connectivity index (χ4v) is 3.26. The number of likely N-dealkylation sites (tertiary alicyclic amines) is 1. The van der Waals surface area contributed by atoms with Crippen molar-refractivity contribution in [3.05, 3.63) is 18.0 Å². The summed E-state index contributed by atoms with van der Waals surface area (Å²) in [7, 11) is 3.33. The molecule has 1 aromatic heterocycles. The van der Waals surface area contributed by atoms with Crippen molar-refractivity contribution >= 4 is 0 Å². The van der Waals surface area contributed by atoms with E-state index < -0.39 is 0 Å². The van der Waals surface area contributed by atoms with Crippen LogP contribution in [0.15, 0.2) is 12.3 Å². The van der Waals surface area contributed by atoms with E-state index in [1.54, 1.807) is 20.4 Å². The third-order valence-corrected chi connectivity index (χ3v) is 4.20. The van der Waals surface area contributed by atoms with Gasteiger partial charge < -0.3 is 14.8 Å². The summed E-state index contributed by atoms with van der Waals surface area (Å²) in [4.78, 5) is 6.93. The number of hydrogen-bond acceptors (Lipinski definition) is 5. The largest absolute Gasteiger partial charge is 0.493 e. The van der Waals surface area contributed by atoms with Crippen LogP contribution in [0.3, 0.4) is 0 Å². The molecule has 2 unspecified atom stereocenters.